The van der Waals surface area contributed by atoms with Gasteiger partial charge in [-0.25, -0.2) is 4.79 Å². The van der Waals surface area contributed by atoms with Crippen LogP contribution in [0.25, 0.3) is 0 Å². The number of nitrogens with one attached hydrogen (secondary N) is 3. The van der Waals surface area contributed by atoms with Crippen molar-refractivity contribution >= 4 is 50.4 Å². The predicted octanol–water partition coefficient (Wildman–Crippen LogP) is 0.841. The third kappa shape index (κ3) is 9.16. The van der Waals surface area contributed by atoms with E-state index in [-0.39, 0.29) is 25.8 Å². The van der Waals surface area contributed by atoms with Crippen molar-refractivity contribution < 1.29 is 23.8 Å². The molecule has 0 unspecified atom stereocenters. The third-order valence-electron chi connectivity index (χ3n) is 3.78. The van der Waals surface area contributed by atoms with Gasteiger partial charge in [-0.1, -0.05) is 30.3 Å². The molecule has 2 amide bonds. The van der Waals surface area contributed by atoms with Crippen molar-refractivity contribution in [2.75, 3.05) is 18.5 Å². The molecule has 0 bridgehead atoms. The summed E-state index contributed by atoms with van der Waals surface area (Å²) >= 11 is 0. The van der Waals surface area contributed by atoms with E-state index in [9.17, 15) is 19.1 Å². The molecule has 2 rings (SSSR count). The molecule has 0 atom stereocenters. The van der Waals surface area contributed by atoms with Crippen molar-refractivity contribution in [3.05, 3.63) is 65.7 Å². The van der Waals surface area contributed by atoms with Crippen LogP contribution in [0.4, 0.5) is 10.5 Å². The first kappa shape index (κ1) is 24.2. The molecular formula is C20H19B2N5O5. The molecule has 32 heavy (non-hydrogen) atoms. The molecule has 0 aromatic heterocycles. The number of amides is 2. The van der Waals surface area contributed by atoms with Gasteiger partial charge in [0.1, 0.15) is 6.61 Å². The van der Waals surface area contributed by atoms with E-state index in [4.69, 9.17) is 12.6 Å². The number of esters is 1. The van der Waals surface area contributed by atoms with Crippen molar-refractivity contribution in [1.82, 2.24) is 10.6 Å². The molecule has 2 aromatic rings. The van der Waals surface area contributed by atoms with Crippen LogP contribution < -0.4 is 16.0 Å². The summed E-state index contributed by atoms with van der Waals surface area (Å²) in [4.78, 5) is 42.1. The van der Waals surface area contributed by atoms with Gasteiger partial charge in [0.2, 0.25) is 0 Å². The third-order valence-corrected chi connectivity index (χ3v) is 3.78. The average Bonchev–Trinajstić information content (AvgIpc) is 2.80. The fraction of sp³-hybridized carbons (Fsp3) is 0.150. The fourth-order valence-corrected chi connectivity index (χ4v) is 2.30. The Labute approximate surface area is 186 Å². The number of carbonyl (C=O) groups excluding carboxylic acids is 3. The molecule has 0 aliphatic heterocycles. The Hall–Kier alpha value is -4.08. The van der Waals surface area contributed by atoms with E-state index >= 15 is 0 Å². The van der Waals surface area contributed by atoms with Gasteiger partial charge in [0.05, 0.1) is 5.56 Å². The zero-order valence-electron chi connectivity index (χ0n) is 17.0. The molecule has 0 aliphatic rings. The van der Waals surface area contributed by atoms with E-state index in [0.717, 1.165) is 11.7 Å². The van der Waals surface area contributed by atoms with E-state index in [0.29, 0.717) is 18.4 Å². The average molecular weight is 431 g/mol. The number of aliphatic imine (C=N–C) groups is 2. The van der Waals surface area contributed by atoms with Crippen molar-refractivity contribution in [3.8, 4) is 0 Å². The molecule has 10 nitrogen and oxygen atoms in total. The van der Waals surface area contributed by atoms with Gasteiger partial charge >= 0.3 is 128 Å². The fourth-order valence-electron chi connectivity index (χ4n) is 2.30. The normalized spacial score (nSPS) is 10.8. The zero-order valence-corrected chi connectivity index (χ0v) is 17.0. The molecular weight excluding hydrogens is 412 g/mol. The summed E-state index contributed by atoms with van der Waals surface area (Å²) in [6, 6.07) is 15.9. The van der Waals surface area contributed by atoms with E-state index in [1.807, 2.05) is 30.3 Å². The molecule has 0 aliphatic carbocycles. The molecule has 2 aromatic carbocycles. The van der Waals surface area contributed by atoms with Crippen LogP contribution in [0, 0.1) is 0 Å². The second-order valence-corrected chi connectivity index (χ2v) is 6.14. The summed E-state index contributed by atoms with van der Waals surface area (Å²) in [5.41, 5.74) is 1.96. The van der Waals surface area contributed by atoms with Crippen molar-refractivity contribution in [2.45, 2.75) is 6.61 Å². The summed E-state index contributed by atoms with van der Waals surface area (Å²) in [5, 5.41) is 7.60. The number of rotatable bonds is 9. The minimum atomic E-state index is -0.929. The second kappa shape index (κ2) is 13.3. The van der Waals surface area contributed by atoms with E-state index in [1.54, 1.807) is 24.3 Å². The van der Waals surface area contributed by atoms with E-state index in [2.05, 4.69) is 25.9 Å². The molecule has 160 valence electrons. The Morgan fingerprint density at radius 3 is 2.44 bits per heavy atom. The van der Waals surface area contributed by atoms with Gasteiger partial charge in [0.25, 0.3) is 0 Å². The number of hydrogen-bond acceptors (Lipinski definition) is 7. The Bertz CT molecular complexity index is 997. The van der Waals surface area contributed by atoms with Crippen molar-refractivity contribution in [2.24, 2.45) is 9.98 Å². The molecule has 12 heteroatoms. The second-order valence-electron chi connectivity index (χ2n) is 6.14. The Kier molecular flexibility index (Phi) is 10.0. The summed E-state index contributed by atoms with van der Waals surface area (Å²) < 4.78 is 15.6. The van der Waals surface area contributed by atoms with Crippen LogP contribution in [0.2, 0.25) is 0 Å². The standard InChI is InChI=1S/C20H19B2N5O5/c21-19(30)27-20(24-12-22-31)23-10-17(28)26-13-25-16-8-6-15(7-9-16)18(29)32-11-14-4-2-1-3-5-14/h1-9,12,25H,10-11,13H2,(H,26,28)(H,23,27,30). The number of guanidine groups is 1. The predicted molar refractivity (Wildman–Crippen MR) is 120 cm³/mol. The topological polar surface area (TPSA) is 138 Å². The quantitative estimate of drug-likeness (QED) is 0.177. The van der Waals surface area contributed by atoms with Crippen LogP contribution in [-0.4, -0.2) is 58.0 Å². The molecule has 0 fully saturated rings. The van der Waals surface area contributed by atoms with Crippen LogP contribution in [0.3, 0.4) is 0 Å². The summed E-state index contributed by atoms with van der Waals surface area (Å²) in [6.45, 7) is -0.0760. The van der Waals surface area contributed by atoms with E-state index in [1.165, 1.54) is 0 Å². The van der Waals surface area contributed by atoms with Crippen molar-refractivity contribution in [3.63, 3.8) is 0 Å². The first-order valence-electron chi connectivity index (χ1n) is 9.38. The summed E-state index contributed by atoms with van der Waals surface area (Å²) in [5.74, 6) is -2.10. The number of hydrogen-bond donors (Lipinski definition) is 3. The van der Waals surface area contributed by atoms with Gasteiger partial charge in [0, 0.05) is 0 Å². The van der Waals surface area contributed by atoms with Gasteiger partial charge in [-0.2, -0.15) is 0 Å². The molecule has 3 N–H and O–H groups in total. The van der Waals surface area contributed by atoms with Crippen LogP contribution in [0.1, 0.15) is 15.9 Å². The molecule has 0 saturated carbocycles. The molecule has 2 radical (unpaired) electrons. The molecule has 0 saturated heterocycles. The first-order chi connectivity index (χ1) is 15.5. The Morgan fingerprint density at radius 2 is 1.78 bits per heavy atom. The monoisotopic (exact) mass is 431 g/mol. The number of carbonyl (C=O) groups is 3. The summed E-state index contributed by atoms with van der Waals surface area (Å²) in [7, 11) is 5.34. The Balaban J connectivity index is 1.76. The van der Waals surface area contributed by atoms with Crippen LogP contribution in [-0.2, 0) is 20.8 Å². The summed E-state index contributed by atoms with van der Waals surface area (Å²) in [6.07, 6.45) is 0.856. The maximum atomic E-state index is 12.1. The number of benzene rings is 2. The van der Waals surface area contributed by atoms with Gasteiger partial charge in [-0.05, 0) is 5.56 Å². The minimum absolute atomic E-state index is 0.0857. The van der Waals surface area contributed by atoms with Crippen LogP contribution in [0.5, 0.6) is 0 Å². The van der Waals surface area contributed by atoms with Crippen molar-refractivity contribution in [1.29, 1.82) is 0 Å². The van der Waals surface area contributed by atoms with Gasteiger partial charge in [0.15, 0.2) is 0 Å². The van der Waals surface area contributed by atoms with Gasteiger partial charge < -0.3 is 4.74 Å². The number of anilines is 1. The van der Waals surface area contributed by atoms with E-state index < -0.39 is 17.7 Å². The first-order valence-corrected chi connectivity index (χ1v) is 9.38. The van der Waals surface area contributed by atoms with Gasteiger partial charge in [-0.3, -0.25) is 0 Å². The van der Waals surface area contributed by atoms with Gasteiger partial charge in [-0.15, -0.1) is 0 Å². The maximum absolute atomic E-state index is 12.1. The molecule has 0 heterocycles. The zero-order chi connectivity index (χ0) is 23.2. The van der Waals surface area contributed by atoms with Crippen LogP contribution in [0.15, 0.2) is 64.6 Å². The van der Waals surface area contributed by atoms with Crippen LogP contribution >= 0.6 is 0 Å². The SMILES string of the molecule is [B]C(=O)NC(N=CB=O)=NCC(=O)NCNc1ccc(C(=O)OCc2ccccc2)cc1. The number of nitrogens with zero attached hydrogens (tertiary/aromatic N) is 2. The number of ether oxygens (including phenoxy) is 1. The molecule has 0 spiro atoms. The Morgan fingerprint density at radius 1 is 1.06 bits per heavy atom.